The van der Waals surface area contributed by atoms with Gasteiger partial charge in [0.15, 0.2) is 5.82 Å². The van der Waals surface area contributed by atoms with Gasteiger partial charge in [-0.2, -0.15) is 0 Å². The van der Waals surface area contributed by atoms with Crippen molar-refractivity contribution >= 4 is 28.6 Å². The second kappa shape index (κ2) is 9.02. The summed E-state index contributed by atoms with van der Waals surface area (Å²) in [5, 5.41) is 9.11. The molecule has 0 amide bonds. The third kappa shape index (κ3) is 4.83. The number of halogens is 2. The maximum Gasteiger partial charge on any atom is 0.220 e. The average Bonchev–Trinajstić information content (AvgIpc) is 3.06. The largest absolute Gasteiger partial charge is 0.391 e. The zero-order valence-electron chi connectivity index (χ0n) is 16.7. The van der Waals surface area contributed by atoms with E-state index in [2.05, 4.69) is 19.9 Å². The number of H-pyrrole nitrogens is 1. The molecule has 7 nitrogen and oxygen atoms in total. The Bertz CT molecular complexity index is 1000. The number of nitrogens with zero attached hydrogens (tertiary/aromatic N) is 3. The minimum atomic E-state index is -0.424. The van der Waals surface area contributed by atoms with Crippen LogP contribution in [0.3, 0.4) is 0 Å². The number of aliphatic hydroxyl groups is 1. The molecule has 1 aliphatic heterocycles. The highest BCUT2D eigenvalue weighted by molar-refractivity contribution is 6.33. The highest BCUT2D eigenvalue weighted by atomic mass is 35.5. The molecule has 9 heteroatoms. The molecule has 1 unspecified atom stereocenters. The highest BCUT2D eigenvalue weighted by Gasteiger charge is 2.21. The summed E-state index contributed by atoms with van der Waals surface area (Å²) < 4.78 is 19.4. The molecule has 1 aromatic carbocycles. The molecule has 3 aromatic rings. The number of aromatic amines is 1. The number of imidazole rings is 1. The van der Waals surface area contributed by atoms with Gasteiger partial charge < -0.3 is 20.6 Å². The third-order valence-corrected chi connectivity index (χ3v) is 4.89. The van der Waals surface area contributed by atoms with E-state index in [-0.39, 0.29) is 18.0 Å². The molecule has 4 N–H and O–H groups in total. The number of anilines is 1. The standard InChI is InChI=1S/C15H15ClFN5.C5H10O2/c1-6(2)11-8(12-9(16)5-19-15(18)22-12)4-10(17)13-14(11)21-7(3)20-13;6-5-2-1-3-7-4-5/h4-6H,1-3H3,(H,20,21)(H2,18,19,22);5-6H,1-4H2. The number of aromatic nitrogens is 4. The Morgan fingerprint density at radius 3 is 2.72 bits per heavy atom. The monoisotopic (exact) mass is 421 g/mol. The number of hydrogen-bond donors (Lipinski definition) is 3. The zero-order valence-corrected chi connectivity index (χ0v) is 17.4. The van der Waals surface area contributed by atoms with Crippen LogP contribution in [0.2, 0.25) is 5.02 Å². The minimum Gasteiger partial charge on any atom is -0.391 e. The van der Waals surface area contributed by atoms with Crippen molar-refractivity contribution in [2.45, 2.75) is 45.6 Å². The topological polar surface area (TPSA) is 110 Å². The number of nitrogens with one attached hydrogen (secondary N) is 1. The quantitative estimate of drug-likeness (QED) is 0.577. The molecular weight excluding hydrogens is 397 g/mol. The van der Waals surface area contributed by atoms with Crippen LogP contribution in [-0.2, 0) is 4.74 Å². The van der Waals surface area contributed by atoms with Gasteiger partial charge in [-0.1, -0.05) is 25.4 Å². The van der Waals surface area contributed by atoms with E-state index in [9.17, 15) is 4.39 Å². The zero-order chi connectivity index (χ0) is 21.1. The van der Waals surface area contributed by atoms with Crippen molar-refractivity contribution in [1.29, 1.82) is 0 Å². The van der Waals surface area contributed by atoms with Gasteiger partial charge in [-0.25, -0.2) is 19.3 Å². The van der Waals surface area contributed by atoms with Crippen molar-refractivity contribution in [2.24, 2.45) is 0 Å². The molecule has 1 atom stereocenters. The van der Waals surface area contributed by atoms with Crippen LogP contribution in [-0.4, -0.2) is 44.4 Å². The lowest BCUT2D eigenvalue weighted by atomic mass is 9.93. The Hall–Kier alpha value is -2.29. The summed E-state index contributed by atoms with van der Waals surface area (Å²) in [6.07, 6.45) is 3.17. The van der Waals surface area contributed by atoms with Crippen LogP contribution in [0, 0.1) is 12.7 Å². The van der Waals surface area contributed by atoms with Gasteiger partial charge in [-0.3, -0.25) is 0 Å². The second-order valence-electron chi connectivity index (χ2n) is 7.32. The predicted octanol–water partition coefficient (Wildman–Crippen LogP) is 3.98. The van der Waals surface area contributed by atoms with Crippen LogP contribution in [0.4, 0.5) is 10.3 Å². The molecule has 29 heavy (non-hydrogen) atoms. The smallest absolute Gasteiger partial charge is 0.220 e. The molecular formula is C20H25ClFN5O2. The SMILES string of the molecule is Cc1nc2c(F)cc(-c3nc(N)ncc3Cl)c(C(C)C)c2[nH]1.OC1CCCOC1. The molecule has 0 saturated carbocycles. The molecule has 3 heterocycles. The summed E-state index contributed by atoms with van der Waals surface area (Å²) in [6, 6.07) is 1.41. The highest BCUT2D eigenvalue weighted by Crippen LogP contribution is 2.37. The molecule has 0 aliphatic carbocycles. The first-order valence-electron chi connectivity index (χ1n) is 9.50. The van der Waals surface area contributed by atoms with E-state index in [0.717, 1.165) is 25.0 Å². The third-order valence-electron chi connectivity index (χ3n) is 4.61. The molecule has 0 bridgehead atoms. The lowest BCUT2D eigenvalue weighted by Gasteiger charge is -2.15. The lowest BCUT2D eigenvalue weighted by molar-refractivity contribution is -0.00535. The summed E-state index contributed by atoms with van der Waals surface area (Å²) >= 11 is 6.19. The van der Waals surface area contributed by atoms with Gasteiger partial charge in [-0.15, -0.1) is 0 Å². The maximum absolute atomic E-state index is 14.4. The molecule has 1 saturated heterocycles. The van der Waals surface area contributed by atoms with Crippen molar-refractivity contribution in [3.8, 4) is 11.3 Å². The molecule has 0 radical (unpaired) electrons. The molecule has 0 spiro atoms. The average molecular weight is 422 g/mol. The Balaban J connectivity index is 0.000000290. The van der Waals surface area contributed by atoms with E-state index >= 15 is 0 Å². The minimum absolute atomic E-state index is 0.0930. The number of ether oxygens (including phenoxy) is 1. The number of benzene rings is 1. The number of nitrogens with two attached hydrogens (primary N) is 1. The first-order valence-corrected chi connectivity index (χ1v) is 9.88. The van der Waals surface area contributed by atoms with Crippen molar-refractivity contribution in [2.75, 3.05) is 18.9 Å². The lowest BCUT2D eigenvalue weighted by Crippen LogP contribution is -2.21. The maximum atomic E-state index is 14.4. The number of aliphatic hydroxyl groups excluding tert-OH is 1. The number of fused-ring (bicyclic) bond motifs is 1. The Labute approximate surface area is 173 Å². The summed E-state index contributed by atoms with van der Waals surface area (Å²) in [7, 11) is 0. The number of hydrogen-bond acceptors (Lipinski definition) is 6. The summed E-state index contributed by atoms with van der Waals surface area (Å²) in [6.45, 7) is 7.20. The molecule has 1 aliphatic rings. The van der Waals surface area contributed by atoms with E-state index < -0.39 is 5.82 Å². The number of rotatable bonds is 2. The fraction of sp³-hybridized carbons (Fsp3) is 0.450. The van der Waals surface area contributed by atoms with Crippen molar-refractivity contribution in [1.82, 2.24) is 19.9 Å². The Morgan fingerprint density at radius 1 is 1.38 bits per heavy atom. The van der Waals surface area contributed by atoms with Crippen LogP contribution in [0.1, 0.15) is 44.0 Å². The van der Waals surface area contributed by atoms with Gasteiger partial charge in [0.25, 0.3) is 0 Å². The van der Waals surface area contributed by atoms with Crippen molar-refractivity contribution in [3.63, 3.8) is 0 Å². The van der Waals surface area contributed by atoms with Gasteiger partial charge in [0.05, 0.1) is 35.1 Å². The second-order valence-corrected chi connectivity index (χ2v) is 7.72. The van der Waals surface area contributed by atoms with E-state index in [1.54, 1.807) is 6.92 Å². The number of aryl methyl sites for hydroxylation is 1. The molecule has 156 valence electrons. The first-order chi connectivity index (χ1) is 13.8. The normalized spacial score (nSPS) is 16.7. The van der Waals surface area contributed by atoms with Crippen LogP contribution < -0.4 is 5.73 Å². The van der Waals surface area contributed by atoms with E-state index in [1.807, 2.05) is 13.8 Å². The van der Waals surface area contributed by atoms with Gasteiger partial charge in [0.1, 0.15) is 11.3 Å². The van der Waals surface area contributed by atoms with Gasteiger partial charge >= 0.3 is 0 Å². The fourth-order valence-electron chi connectivity index (χ4n) is 3.36. The van der Waals surface area contributed by atoms with E-state index in [4.69, 9.17) is 27.2 Å². The van der Waals surface area contributed by atoms with Gasteiger partial charge in [0.2, 0.25) is 5.95 Å². The fourth-order valence-corrected chi connectivity index (χ4v) is 3.55. The van der Waals surface area contributed by atoms with Crippen LogP contribution >= 0.6 is 11.6 Å². The first kappa shape index (κ1) is 21.4. The van der Waals surface area contributed by atoms with Gasteiger partial charge in [0, 0.05) is 12.2 Å². The Kier molecular flexibility index (Phi) is 6.66. The van der Waals surface area contributed by atoms with Gasteiger partial charge in [-0.05, 0) is 37.3 Å². The molecule has 1 fully saturated rings. The van der Waals surface area contributed by atoms with Crippen LogP contribution in [0.5, 0.6) is 0 Å². The van der Waals surface area contributed by atoms with Crippen LogP contribution in [0.25, 0.3) is 22.3 Å². The summed E-state index contributed by atoms with van der Waals surface area (Å²) in [4.78, 5) is 15.4. The molecule has 4 rings (SSSR count). The van der Waals surface area contributed by atoms with Crippen molar-refractivity contribution < 1.29 is 14.2 Å². The number of nitrogen functional groups attached to an aromatic ring is 1. The van der Waals surface area contributed by atoms with Crippen LogP contribution in [0.15, 0.2) is 12.3 Å². The summed E-state index contributed by atoms with van der Waals surface area (Å²) in [5.74, 6) is 0.439. The molecule has 2 aromatic heterocycles. The van der Waals surface area contributed by atoms with Crippen molar-refractivity contribution in [3.05, 3.63) is 34.5 Å². The predicted molar refractivity (Wildman–Crippen MR) is 111 cm³/mol. The van der Waals surface area contributed by atoms with E-state index in [0.29, 0.717) is 39.7 Å². The summed E-state index contributed by atoms with van der Waals surface area (Å²) in [5.41, 5.74) is 8.56. The van der Waals surface area contributed by atoms with E-state index in [1.165, 1.54) is 12.3 Å². The Morgan fingerprint density at radius 2 is 2.14 bits per heavy atom.